The third kappa shape index (κ3) is 31.5. The third-order valence-electron chi connectivity index (χ3n) is 8.33. The molecule has 0 saturated heterocycles. The fourth-order valence-corrected chi connectivity index (χ4v) is 5.66. The molecule has 0 fully saturated rings. The van der Waals surface area contributed by atoms with Gasteiger partial charge in [0.15, 0.2) is 0 Å². The fourth-order valence-electron chi connectivity index (χ4n) is 5.66. The Morgan fingerprint density at radius 1 is 0.450 bits per heavy atom. The van der Waals surface area contributed by atoms with Crippen molar-refractivity contribution in [3.8, 4) is 0 Å². The number of hydrogen-bond donors (Lipinski definition) is 1. The second kappa shape index (κ2) is 32.5. The van der Waals surface area contributed by atoms with Crippen LogP contribution in [-0.4, -0.2) is 23.1 Å². The minimum Gasteiger partial charge on any atom is -0.481 e. The Kier molecular flexibility index (Phi) is 31.6. The quantitative estimate of drug-likeness (QED) is 0.0633. The third-order valence-corrected chi connectivity index (χ3v) is 8.33. The Bertz CT molecular complexity index is 533. The molecule has 0 aromatic carbocycles. The van der Waals surface area contributed by atoms with Crippen molar-refractivity contribution in [2.75, 3.05) is 0 Å². The summed E-state index contributed by atoms with van der Waals surface area (Å²) in [5.74, 6) is -0.697. The van der Waals surface area contributed by atoms with E-state index in [1.807, 2.05) is 0 Å². The van der Waals surface area contributed by atoms with Crippen molar-refractivity contribution in [1.82, 2.24) is 0 Å². The molecule has 0 aliphatic carbocycles. The summed E-state index contributed by atoms with van der Waals surface area (Å²) in [6.45, 7) is 4.53. The van der Waals surface area contributed by atoms with Gasteiger partial charge in [-0.2, -0.15) is 0 Å². The highest BCUT2D eigenvalue weighted by molar-refractivity contribution is 5.69. The van der Waals surface area contributed by atoms with Crippen molar-refractivity contribution >= 4 is 11.9 Å². The van der Waals surface area contributed by atoms with E-state index < -0.39 is 5.97 Å². The number of carboxylic acid groups (broad SMARTS) is 1. The number of unbranched alkanes of at least 4 members (excludes halogenated alkanes) is 24. The molecule has 0 aliphatic heterocycles. The molecule has 238 valence electrons. The topological polar surface area (TPSA) is 63.6 Å². The smallest absolute Gasteiger partial charge is 0.306 e. The largest absolute Gasteiger partial charge is 0.481 e. The van der Waals surface area contributed by atoms with Crippen molar-refractivity contribution in [2.24, 2.45) is 0 Å². The number of aliphatic carboxylic acids is 1. The summed E-state index contributed by atoms with van der Waals surface area (Å²) in [4.78, 5) is 23.2. The Labute approximate surface area is 250 Å². The number of carbonyl (C=O) groups excluding carboxylic acids is 1. The lowest BCUT2D eigenvalue weighted by Crippen LogP contribution is -2.18. The number of ether oxygens (including phenoxy) is 1. The van der Waals surface area contributed by atoms with E-state index in [-0.39, 0.29) is 18.5 Å². The minimum absolute atomic E-state index is 0.000903. The lowest BCUT2D eigenvalue weighted by atomic mass is 10.0. The highest BCUT2D eigenvalue weighted by atomic mass is 16.5. The van der Waals surface area contributed by atoms with Crippen molar-refractivity contribution in [2.45, 2.75) is 219 Å². The van der Waals surface area contributed by atoms with E-state index in [9.17, 15) is 9.59 Å². The van der Waals surface area contributed by atoms with E-state index in [1.165, 1.54) is 122 Å². The van der Waals surface area contributed by atoms with E-state index in [2.05, 4.69) is 13.8 Å². The van der Waals surface area contributed by atoms with Gasteiger partial charge >= 0.3 is 11.9 Å². The molecule has 0 radical (unpaired) electrons. The molecule has 1 N–H and O–H groups in total. The maximum atomic E-state index is 12.5. The van der Waals surface area contributed by atoms with Crippen molar-refractivity contribution in [1.29, 1.82) is 0 Å². The Morgan fingerprint density at radius 3 is 1.10 bits per heavy atom. The van der Waals surface area contributed by atoms with E-state index in [0.29, 0.717) is 6.42 Å². The first-order chi connectivity index (χ1) is 19.6. The average Bonchev–Trinajstić information content (AvgIpc) is 2.93. The molecule has 1 unspecified atom stereocenters. The van der Waals surface area contributed by atoms with Gasteiger partial charge < -0.3 is 9.84 Å². The fraction of sp³-hybridized carbons (Fsp3) is 0.944. The number of esters is 1. The normalized spacial score (nSPS) is 12.1. The summed E-state index contributed by atoms with van der Waals surface area (Å²) in [6.07, 6.45) is 36.9. The van der Waals surface area contributed by atoms with E-state index in [4.69, 9.17) is 9.84 Å². The van der Waals surface area contributed by atoms with Gasteiger partial charge in [0, 0.05) is 12.8 Å². The van der Waals surface area contributed by atoms with Crippen LogP contribution in [-0.2, 0) is 14.3 Å². The molecule has 0 aliphatic rings. The molecule has 0 spiro atoms. The number of carboxylic acids is 1. The second-order valence-electron chi connectivity index (χ2n) is 12.4. The summed E-state index contributed by atoms with van der Waals surface area (Å²) < 4.78 is 5.96. The Morgan fingerprint density at radius 2 is 0.750 bits per heavy atom. The molecule has 0 rings (SSSR count). The summed E-state index contributed by atoms with van der Waals surface area (Å²) in [5, 5.41) is 8.78. The van der Waals surface area contributed by atoms with Crippen LogP contribution in [0.15, 0.2) is 0 Å². The molecular weight excluding hydrogens is 496 g/mol. The SMILES string of the molecule is CCCCCCCCCCCCCCCCCC(CCCCCCCC(=O)O)OC(=O)CCCCCCCCC. The molecule has 0 aromatic rings. The molecule has 4 nitrogen and oxygen atoms in total. The zero-order valence-corrected chi connectivity index (χ0v) is 27.2. The molecule has 0 aromatic heterocycles. The minimum atomic E-state index is -0.698. The summed E-state index contributed by atoms with van der Waals surface area (Å²) in [5.41, 5.74) is 0. The monoisotopic (exact) mass is 567 g/mol. The van der Waals surface area contributed by atoms with Crippen LogP contribution in [0.1, 0.15) is 213 Å². The second-order valence-corrected chi connectivity index (χ2v) is 12.4. The predicted octanol–water partition coefficient (Wildman–Crippen LogP) is 12.1. The highest BCUT2D eigenvalue weighted by Gasteiger charge is 2.14. The van der Waals surface area contributed by atoms with Gasteiger partial charge in [0.2, 0.25) is 0 Å². The van der Waals surface area contributed by atoms with Crippen LogP contribution < -0.4 is 0 Å². The van der Waals surface area contributed by atoms with Crippen LogP contribution in [0.5, 0.6) is 0 Å². The molecule has 1 atom stereocenters. The first-order valence-corrected chi connectivity index (χ1v) is 18.0. The number of rotatable bonds is 33. The number of carbonyl (C=O) groups is 2. The van der Waals surface area contributed by atoms with Crippen LogP contribution in [0.25, 0.3) is 0 Å². The maximum absolute atomic E-state index is 12.5. The lowest BCUT2D eigenvalue weighted by Gasteiger charge is -2.18. The first-order valence-electron chi connectivity index (χ1n) is 18.0. The van der Waals surface area contributed by atoms with E-state index in [1.54, 1.807) is 0 Å². The van der Waals surface area contributed by atoms with Crippen molar-refractivity contribution < 1.29 is 19.4 Å². The van der Waals surface area contributed by atoms with Gasteiger partial charge in [-0.3, -0.25) is 9.59 Å². The summed E-state index contributed by atoms with van der Waals surface area (Å²) in [6, 6.07) is 0. The van der Waals surface area contributed by atoms with E-state index in [0.717, 1.165) is 64.2 Å². The van der Waals surface area contributed by atoms with Crippen molar-refractivity contribution in [3.05, 3.63) is 0 Å². The van der Waals surface area contributed by atoms with Crippen LogP contribution in [0.3, 0.4) is 0 Å². The molecule has 0 saturated carbocycles. The van der Waals surface area contributed by atoms with Gasteiger partial charge in [0.25, 0.3) is 0 Å². The average molecular weight is 567 g/mol. The van der Waals surface area contributed by atoms with Gasteiger partial charge in [-0.1, -0.05) is 162 Å². The molecule has 4 heteroatoms. The van der Waals surface area contributed by atoms with Crippen LogP contribution in [0.2, 0.25) is 0 Å². The van der Waals surface area contributed by atoms with Crippen LogP contribution >= 0.6 is 0 Å². The molecule has 0 amide bonds. The Hall–Kier alpha value is -1.06. The van der Waals surface area contributed by atoms with Crippen molar-refractivity contribution in [3.63, 3.8) is 0 Å². The zero-order chi connectivity index (χ0) is 29.4. The van der Waals surface area contributed by atoms with Gasteiger partial charge in [-0.15, -0.1) is 0 Å². The van der Waals surface area contributed by atoms with Gasteiger partial charge in [-0.05, 0) is 38.5 Å². The van der Waals surface area contributed by atoms with Gasteiger partial charge in [0.05, 0.1) is 0 Å². The predicted molar refractivity (Wildman–Crippen MR) is 172 cm³/mol. The van der Waals surface area contributed by atoms with E-state index >= 15 is 0 Å². The van der Waals surface area contributed by atoms with Gasteiger partial charge in [0.1, 0.15) is 6.10 Å². The van der Waals surface area contributed by atoms with Gasteiger partial charge in [-0.25, -0.2) is 0 Å². The molecule has 0 heterocycles. The molecular formula is C36H70O4. The maximum Gasteiger partial charge on any atom is 0.306 e. The van der Waals surface area contributed by atoms with Crippen LogP contribution in [0, 0.1) is 0 Å². The zero-order valence-electron chi connectivity index (χ0n) is 27.2. The summed E-state index contributed by atoms with van der Waals surface area (Å²) >= 11 is 0. The lowest BCUT2D eigenvalue weighted by molar-refractivity contribution is -0.150. The summed E-state index contributed by atoms with van der Waals surface area (Å²) in [7, 11) is 0. The molecule has 40 heavy (non-hydrogen) atoms. The number of hydrogen-bond acceptors (Lipinski definition) is 3. The van der Waals surface area contributed by atoms with Crippen LogP contribution in [0.4, 0.5) is 0 Å². The Balaban J connectivity index is 3.96. The first kappa shape index (κ1) is 38.9. The standard InChI is InChI=1S/C36H70O4/c1-3-5-7-9-11-12-13-14-15-16-17-18-20-22-26-30-34(31-27-23-21-24-28-32-35(37)38)40-36(39)33-29-25-19-10-8-6-4-2/h34H,3-33H2,1-2H3,(H,37,38). The highest BCUT2D eigenvalue weighted by Crippen LogP contribution is 2.19. The molecule has 0 bridgehead atoms.